The van der Waals surface area contributed by atoms with E-state index in [0.717, 1.165) is 24.9 Å². The summed E-state index contributed by atoms with van der Waals surface area (Å²) in [6, 6.07) is 1.95. The van der Waals surface area contributed by atoms with Crippen LogP contribution in [0.15, 0.2) is 0 Å². The van der Waals surface area contributed by atoms with Gasteiger partial charge in [-0.3, -0.25) is 0 Å². The number of carbonyl (C=O) groups is 1. The van der Waals surface area contributed by atoms with Gasteiger partial charge < -0.3 is 18.9 Å². The van der Waals surface area contributed by atoms with Crippen LogP contribution in [0.2, 0.25) is 12.1 Å². The highest BCUT2D eigenvalue weighted by Crippen LogP contribution is 2.21. The molecular weight excluding hydrogens is 262 g/mol. The van der Waals surface area contributed by atoms with Gasteiger partial charge in [-0.15, -0.1) is 0 Å². The summed E-state index contributed by atoms with van der Waals surface area (Å²) < 4.78 is 16.6. The Morgan fingerprint density at radius 3 is 2.11 bits per heavy atom. The molecule has 0 bridgehead atoms. The van der Waals surface area contributed by atoms with Crippen LogP contribution >= 0.6 is 0 Å². The normalized spacial score (nSPS) is 11.4. The van der Waals surface area contributed by atoms with E-state index in [0.29, 0.717) is 26.4 Å². The summed E-state index contributed by atoms with van der Waals surface area (Å²) in [7, 11) is -2.01. The second-order valence-corrected chi connectivity index (χ2v) is 7.84. The highest BCUT2D eigenvalue weighted by Gasteiger charge is 2.34. The van der Waals surface area contributed by atoms with Crippen molar-refractivity contribution in [1.82, 2.24) is 5.32 Å². The lowest BCUT2D eigenvalue weighted by Crippen LogP contribution is -2.41. The zero-order chi connectivity index (χ0) is 14.6. The summed E-state index contributed by atoms with van der Waals surface area (Å²) in [6.07, 6.45) is 1.59. The molecular formula is C13H29NO4Si. The average Bonchev–Trinajstić information content (AvgIpc) is 2.39. The number of amides is 1. The maximum absolute atomic E-state index is 11.1. The summed E-state index contributed by atoms with van der Waals surface area (Å²) in [6.45, 7) is 10.4. The molecule has 0 aromatic heterocycles. The highest BCUT2D eigenvalue weighted by molar-refractivity contribution is 6.67. The molecule has 0 rings (SSSR count). The third kappa shape index (κ3) is 8.23. The predicted molar refractivity (Wildman–Crippen MR) is 78.6 cm³/mol. The van der Waals surface area contributed by atoms with Crippen molar-refractivity contribution in [2.45, 2.75) is 52.6 Å². The highest BCUT2D eigenvalue weighted by atomic mass is 28.4. The largest absolute Gasteiger partial charge is 0.450 e. The fraction of sp³-hybridized carbons (Fsp3) is 0.923. The minimum absolute atomic E-state index is 0.337. The van der Waals surface area contributed by atoms with Gasteiger partial charge in [0, 0.05) is 19.8 Å². The Bertz CT molecular complexity index is 233. The van der Waals surface area contributed by atoms with Crippen molar-refractivity contribution in [2.75, 3.05) is 26.4 Å². The van der Waals surface area contributed by atoms with Gasteiger partial charge in [0.1, 0.15) is 0 Å². The molecule has 0 atom stereocenters. The van der Waals surface area contributed by atoms with E-state index >= 15 is 0 Å². The standard InChI is InChI=1S/C13H29NO4Si/c1-5-16-13(15)14-11-9-10-12-19(8-4,17-6-2)18-7-3/h5-12H2,1-4H3,(H,14,15). The van der Waals surface area contributed by atoms with Crippen molar-refractivity contribution < 1.29 is 18.4 Å². The molecule has 1 amide bonds. The molecule has 0 saturated heterocycles. The molecule has 5 nitrogen and oxygen atoms in total. The zero-order valence-corrected chi connectivity index (χ0v) is 13.8. The van der Waals surface area contributed by atoms with Crippen LogP contribution in [0.4, 0.5) is 4.79 Å². The Labute approximate surface area is 118 Å². The number of alkyl carbamates (subject to hydrolysis) is 1. The predicted octanol–water partition coefficient (Wildman–Crippen LogP) is 3.05. The van der Waals surface area contributed by atoms with Crippen LogP contribution in [0.3, 0.4) is 0 Å². The third-order valence-electron chi connectivity index (χ3n) is 2.88. The molecule has 0 fully saturated rings. The van der Waals surface area contributed by atoms with Crippen LogP contribution in [0.1, 0.15) is 40.5 Å². The Kier molecular flexibility index (Phi) is 10.9. The van der Waals surface area contributed by atoms with Crippen LogP contribution in [-0.4, -0.2) is 41.0 Å². The fourth-order valence-corrected chi connectivity index (χ4v) is 4.96. The van der Waals surface area contributed by atoms with Gasteiger partial charge in [-0.1, -0.05) is 6.92 Å². The van der Waals surface area contributed by atoms with Crippen molar-refractivity contribution in [1.29, 1.82) is 0 Å². The molecule has 0 aliphatic heterocycles. The van der Waals surface area contributed by atoms with Gasteiger partial charge in [0.25, 0.3) is 0 Å². The molecule has 6 heteroatoms. The van der Waals surface area contributed by atoms with Gasteiger partial charge in [-0.2, -0.15) is 0 Å². The zero-order valence-electron chi connectivity index (χ0n) is 12.8. The molecule has 0 aromatic rings. The molecule has 0 radical (unpaired) electrons. The Hall–Kier alpha value is -0.593. The van der Waals surface area contributed by atoms with Gasteiger partial charge in [0.2, 0.25) is 0 Å². The lowest BCUT2D eigenvalue weighted by atomic mass is 10.3. The first kappa shape index (κ1) is 18.4. The Morgan fingerprint density at radius 2 is 1.63 bits per heavy atom. The molecule has 0 aliphatic rings. The molecule has 19 heavy (non-hydrogen) atoms. The molecule has 0 spiro atoms. The van der Waals surface area contributed by atoms with Crippen molar-refractivity contribution in [3.05, 3.63) is 0 Å². The Morgan fingerprint density at radius 1 is 1.00 bits per heavy atom. The number of hydrogen-bond donors (Lipinski definition) is 1. The quantitative estimate of drug-likeness (QED) is 0.469. The molecule has 1 N–H and O–H groups in total. The molecule has 0 aliphatic carbocycles. The maximum Gasteiger partial charge on any atom is 0.407 e. The van der Waals surface area contributed by atoms with E-state index in [1.54, 1.807) is 6.92 Å². The van der Waals surface area contributed by atoms with E-state index in [1.165, 1.54) is 0 Å². The number of rotatable bonds is 11. The second kappa shape index (κ2) is 11.3. The van der Waals surface area contributed by atoms with Gasteiger partial charge >= 0.3 is 14.7 Å². The van der Waals surface area contributed by atoms with Crippen molar-refractivity contribution in [2.24, 2.45) is 0 Å². The summed E-state index contributed by atoms with van der Waals surface area (Å²) in [5.41, 5.74) is 0. The number of unbranched alkanes of at least 4 members (excludes halogenated alkanes) is 1. The lowest BCUT2D eigenvalue weighted by Gasteiger charge is -2.28. The van der Waals surface area contributed by atoms with Crippen LogP contribution in [0, 0.1) is 0 Å². The number of carbonyl (C=O) groups excluding carboxylic acids is 1. The van der Waals surface area contributed by atoms with E-state index in [4.69, 9.17) is 13.6 Å². The summed E-state index contributed by atoms with van der Waals surface area (Å²) in [5.74, 6) is 0. The summed E-state index contributed by atoms with van der Waals surface area (Å²) >= 11 is 0. The van der Waals surface area contributed by atoms with Crippen LogP contribution in [-0.2, 0) is 13.6 Å². The number of nitrogens with one attached hydrogen (secondary N) is 1. The SMILES string of the molecule is CCOC(=O)NCCCC[Si](CC)(OCC)OCC. The molecule has 0 heterocycles. The smallest absolute Gasteiger partial charge is 0.407 e. The monoisotopic (exact) mass is 291 g/mol. The van der Waals surface area contributed by atoms with Gasteiger partial charge in [0.15, 0.2) is 0 Å². The lowest BCUT2D eigenvalue weighted by molar-refractivity contribution is 0.152. The Balaban J connectivity index is 3.89. The maximum atomic E-state index is 11.1. The third-order valence-corrected chi connectivity index (χ3v) is 6.70. The van der Waals surface area contributed by atoms with Gasteiger partial charge in [-0.25, -0.2) is 4.79 Å². The van der Waals surface area contributed by atoms with Crippen LogP contribution < -0.4 is 5.32 Å². The molecule has 0 saturated carbocycles. The van der Waals surface area contributed by atoms with Crippen LogP contribution in [0.25, 0.3) is 0 Å². The molecule has 0 aromatic carbocycles. The minimum atomic E-state index is -2.01. The first-order chi connectivity index (χ1) is 9.14. The average molecular weight is 291 g/mol. The van der Waals surface area contributed by atoms with E-state index in [-0.39, 0.29) is 6.09 Å². The first-order valence-electron chi connectivity index (χ1n) is 7.32. The van der Waals surface area contributed by atoms with E-state index in [2.05, 4.69) is 12.2 Å². The summed E-state index contributed by atoms with van der Waals surface area (Å²) in [4.78, 5) is 11.1. The molecule has 0 unspecified atom stereocenters. The topological polar surface area (TPSA) is 56.8 Å². The summed E-state index contributed by atoms with van der Waals surface area (Å²) in [5, 5.41) is 2.72. The number of ether oxygens (including phenoxy) is 1. The van der Waals surface area contributed by atoms with Crippen molar-refractivity contribution >= 4 is 14.7 Å². The number of hydrogen-bond acceptors (Lipinski definition) is 4. The van der Waals surface area contributed by atoms with E-state index < -0.39 is 8.56 Å². The van der Waals surface area contributed by atoms with Crippen molar-refractivity contribution in [3.8, 4) is 0 Å². The van der Waals surface area contributed by atoms with Crippen LogP contribution in [0.5, 0.6) is 0 Å². The van der Waals surface area contributed by atoms with E-state index in [9.17, 15) is 4.79 Å². The molecule has 114 valence electrons. The van der Waals surface area contributed by atoms with Gasteiger partial charge in [0.05, 0.1) is 6.61 Å². The fourth-order valence-electron chi connectivity index (χ4n) is 1.98. The second-order valence-electron chi connectivity index (χ2n) is 4.23. The van der Waals surface area contributed by atoms with Crippen molar-refractivity contribution in [3.63, 3.8) is 0 Å². The minimum Gasteiger partial charge on any atom is -0.450 e. The first-order valence-corrected chi connectivity index (χ1v) is 9.55. The van der Waals surface area contributed by atoms with Gasteiger partial charge in [-0.05, 0) is 45.7 Å². The van der Waals surface area contributed by atoms with E-state index in [1.807, 2.05) is 13.8 Å².